The molecule has 0 aromatic heterocycles. The van der Waals surface area contributed by atoms with Crippen molar-refractivity contribution in [2.24, 2.45) is 35.0 Å². The summed E-state index contributed by atoms with van der Waals surface area (Å²) >= 11 is 0. The maximum absolute atomic E-state index is 12.4. The van der Waals surface area contributed by atoms with Gasteiger partial charge in [-0.15, -0.1) is 0 Å². The van der Waals surface area contributed by atoms with Crippen molar-refractivity contribution in [3.8, 4) is 0 Å². The lowest BCUT2D eigenvalue weighted by molar-refractivity contribution is -0.143. The highest BCUT2D eigenvalue weighted by atomic mass is 16.4. The van der Waals surface area contributed by atoms with Crippen molar-refractivity contribution in [3.63, 3.8) is 0 Å². The molecular formula is C21H28O5. The fourth-order valence-corrected chi connectivity index (χ4v) is 6.95. The van der Waals surface area contributed by atoms with E-state index >= 15 is 0 Å². The minimum absolute atomic E-state index is 0.107. The highest BCUT2D eigenvalue weighted by molar-refractivity contribution is 5.96. The Kier molecular flexibility index (Phi) is 4.33. The van der Waals surface area contributed by atoms with Gasteiger partial charge in [-0.3, -0.25) is 14.4 Å². The molecule has 0 unspecified atom stereocenters. The van der Waals surface area contributed by atoms with Gasteiger partial charge in [-0.05, 0) is 73.7 Å². The lowest BCUT2D eigenvalue weighted by Gasteiger charge is -2.57. The van der Waals surface area contributed by atoms with Gasteiger partial charge >= 0.3 is 5.97 Å². The molecule has 4 aliphatic carbocycles. The molecule has 3 fully saturated rings. The van der Waals surface area contributed by atoms with E-state index in [1.807, 2.05) is 6.08 Å². The second-order valence-corrected chi connectivity index (χ2v) is 9.13. The number of fused-ring (bicyclic) bond motifs is 5. The zero-order chi connectivity index (χ0) is 18.6. The van der Waals surface area contributed by atoms with Gasteiger partial charge in [0.2, 0.25) is 0 Å². The van der Waals surface area contributed by atoms with Gasteiger partial charge in [0.1, 0.15) is 12.2 Å². The fourth-order valence-electron chi connectivity index (χ4n) is 6.95. The molecule has 142 valence electrons. The molecule has 0 aromatic carbocycles. The van der Waals surface area contributed by atoms with Crippen LogP contribution in [0.25, 0.3) is 0 Å². The van der Waals surface area contributed by atoms with E-state index in [-0.39, 0.29) is 34.7 Å². The highest BCUT2D eigenvalue weighted by Crippen LogP contribution is 2.62. The van der Waals surface area contributed by atoms with Crippen molar-refractivity contribution < 1.29 is 24.6 Å². The van der Waals surface area contributed by atoms with E-state index in [0.717, 1.165) is 32.1 Å². The summed E-state index contributed by atoms with van der Waals surface area (Å²) in [6, 6.07) is 0. The van der Waals surface area contributed by atoms with Gasteiger partial charge in [-0.25, -0.2) is 0 Å². The maximum Gasteiger partial charge on any atom is 0.310 e. The fraction of sp³-hybridized carbons (Fsp3) is 0.762. The molecule has 0 aromatic rings. The van der Waals surface area contributed by atoms with E-state index in [1.165, 1.54) is 5.57 Å². The first-order valence-corrected chi connectivity index (χ1v) is 9.97. The first kappa shape index (κ1) is 17.9. The number of carboxylic acid groups (broad SMARTS) is 1. The summed E-state index contributed by atoms with van der Waals surface area (Å²) in [6.45, 7) is 2.22. The average Bonchev–Trinajstić information content (AvgIpc) is 2.98. The van der Waals surface area contributed by atoms with Crippen molar-refractivity contribution in [1.82, 2.24) is 0 Å². The summed E-state index contributed by atoms with van der Waals surface area (Å²) in [6.07, 6.45) is 6.53. The summed E-state index contributed by atoms with van der Waals surface area (Å²) in [5.74, 6) is -0.156. The van der Waals surface area contributed by atoms with E-state index < -0.39 is 18.5 Å². The molecule has 4 rings (SSSR count). The van der Waals surface area contributed by atoms with Crippen LogP contribution in [0.15, 0.2) is 11.6 Å². The lowest BCUT2D eigenvalue weighted by Crippen LogP contribution is -2.54. The molecule has 3 saturated carbocycles. The Hall–Kier alpha value is -1.49. The van der Waals surface area contributed by atoms with Gasteiger partial charge in [0, 0.05) is 12.3 Å². The molecule has 0 aliphatic heterocycles. The third kappa shape index (κ3) is 2.67. The molecule has 0 spiro atoms. The van der Waals surface area contributed by atoms with E-state index in [9.17, 15) is 19.5 Å². The summed E-state index contributed by atoms with van der Waals surface area (Å²) in [7, 11) is 0. The van der Waals surface area contributed by atoms with Gasteiger partial charge < -0.3 is 10.2 Å². The van der Waals surface area contributed by atoms with Crippen LogP contribution in [0, 0.1) is 35.0 Å². The van der Waals surface area contributed by atoms with Gasteiger partial charge in [0.25, 0.3) is 0 Å². The molecule has 0 radical (unpaired) electrons. The first-order chi connectivity index (χ1) is 12.3. The molecular weight excluding hydrogens is 332 g/mol. The summed E-state index contributed by atoms with van der Waals surface area (Å²) < 4.78 is 0. The van der Waals surface area contributed by atoms with E-state index in [2.05, 4.69) is 6.92 Å². The van der Waals surface area contributed by atoms with Gasteiger partial charge in [-0.1, -0.05) is 12.5 Å². The molecule has 5 nitrogen and oxygen atoms in total. The minimum atomic E-state index is -1.06. The zero-order valence-corrected chi connectivity index (χ0v) is 15.3. The van der Waals surface area contributed by atoms with Crippen molar-refractivity contribution in [2.45, 2.75) is 64.4 Å². The zero-order valence-electron chi connectivity index (χ0n) is 15.3. The van der Waals surface area contributed by atoms with Gasteiger partial charge in [-0.2, -0.15) is 0 Å². The van der Waals surface area contributed by atoms with Crippen molar-refractivity contribution in [2.75, 3.05) is 0 Å². The van der Waals surface area contributed by atoms with E-state index in [1.54, 1.807) is 0 Å². The molecule has 26 heavy (non-hydrogen) atoms. The van der Waals surface area contributed by atoms with Crippen LogP contribution in [0.2, 0.25) is 0 Å². The molecule has 0 bridgehead atoms. The SMILES string of the molecule is C[C@]12CCC(=O)C=C1CC[C@H]1[C@@H]3CC[C@H](C(=O)CC(=O)O)[C@H]3C[C@H](O)[C@@H]12. The number of carboxylic acids is 1. The summed E-state index contributed by atoms with van der Waals surface area (Å²) in [5, 5.41) is 20.0. The van der Waals surface area contributed by atoms with Crippen LogP contribution in [0.3, 0.4) is 0 Å². The molecule has 0 amide bonds. The number of carbonyl (C=O) groups excluding carboxylic acids is 2. The van der Waals surface area contributed by atoms with Gasteiger partial charge in [0.05, 0.1) is 6.10 Å². The second-order valence-electron chi connectivity index (χ2n) is 9.13. The van der Waals surface area contributed by atoms with Crippen LogP contribution in [0.1, 0.15) is 58.3 Å². The quantitative estimate of drug-likeness (QED) is 0.755. The third-order valence-electron chi connectivity index (χ3n) is 8.00. The number of Topliss-reactive ketones (excluding diaryl/α,β-unsaturated/α-hetero) is 1. The topological polar surface area (TPSA) is 91.7 Å². The van der Waals surface area contributed by atoms with E-state index in [4.69, 9.17) is 5.11 Å². The number of carbonyl (C=O) groups is 3. The Labute approximate surface area is 153 Å². The molecule has 2 N–H and O–H groups in total. The van der Waals surface area contributed by atoms with Crippen LogP contribution in [0.5, 0.6) is 0 Å². The molecule has 5 heteroatoms. The largest absolute Gasteiger partial charge is 0.481 e. The molecule has 0 heterocycles. The smallest absolute Gasteiger partial charge is 0.310 e. The number of allylic oxidation sites excluding steroid dienone is 1. The molecule has 4 aliphatic rings. The number of rotatable bonds is 3. The Bertz CT molecular complexity index is 680. The minimum Gasteiger partial charge on any atom is -0.481 e. The Balaban J connectivity index is 1.60. The van der Waals surface area contributed by atoms with Crippen LogP contribution in [0.4, 0.5) is 0 Å². The number of aliphatic carboxylic acids is 1. The lowest BCUT2D eigenvalue weighted by atomic mass is 9.48. The number of hydrogen-bond acceptors (Lipinski definition) is 4. The summed E-state index contributed by atoms with van der Waals surface area (Å²) in [4.78, 5) is 35.2. The second kappa shape index (κ2) is 6.29. The maximum atomic E-state index is 12.4. The highest BCUT2D eigenvalue weighted by Gasteiger charge is 2.58. The number of hydrogen-bond donors (Lipinski definition) is 2. The molecule has 0 saturated heterocycles. The monoisotopic (exact) mass is 360 g/mol. The Morgan fingerprint density at radius 3 is 2.65 bits per heavy atom. The number of aliphatic hydroxyl groups is 1. The predicted octanol–water partition coefficient (Wildman–Crippen LogP) is 2.76. The number of ketones is 2. The Morgan fingerprint density at radius 2 is 1.92 bits per heavy atom. The van der Waals surface area contributed by atoms with Gasteiger partial charge in [0.15, 0.2) is 5.78 Å². The van der Waals surface area contributed by atoms with E-state index in [0.29, 0.717) is 24.7 Å². The first-order valence-electron chi connectivity index (χ1n) is 9.97. The van der Waals surface area contributed by atoms with Crippen molar-refractivity contribution in [3.05, 3.63) is 11.6 Å². The third-order valence-corrected chi connectivity index (χ3v) is 8.00. The summed E-state index contributed by atoms with van der Waals surface area (Å²) in [5.41, 5.74) is 1.11. The van der Waals surface area contributed by atoms with Crippen LogP contribution >= 0.6 is 0 Å². The average molecular weight is 360 g/mol. The van der Waals surface area contributed by atoms with Crippen LogP contribution in [-0.4, -0.2) is 33.9 Å². The van der Waals surface area contributed by atoms with Crippen LogP contribution < -0.4 is 0 Å². The normalized spacial score (nSPS) is 44.5. The number of aliphatic hydroxyl groups excluding tert-OH is 1. The predicted molar refractivity (Wildman–Crippen MR) is 94.2 cm³/mol. The van der Waals surface area contributed by atoms with Crippen molar-refractivity contribution in [1.29, 1.82) is 0 Å². The molecule has 7 atom stereocenters. The standard InChI is InChI=1S/C21H28O5/c1-21-7-6-12(22)8-11(21)2-3-15-13-4-5-14(17(23)10-19(25)26)16(13)9-18(24)20(15)21/h8,13-16,18,20,24H,2-7,9-10H2,1H3,(H,25,26)/t13-,14-,15-,16-,18-,20+,21-/m0/s1. The van der Waals surface area contributed by atoms with Crippen molar-refractivity contribution >= 4 is 17.5 Å². The Morgan fingerprint density at radius 1 is 1.15 bits per heavy atom. The van der Waals surface area contributed by atoms with Crippen LogP contribution in [-0.2, 0) is 14.4 Å².